The zero-order valence-corrected chi connectivity index (χ0v) is 21.5. The van der Waals surface area contributed by atoms with Gasteiger partial charge in [0.1, 0.15) is 0 Å². The molecule has 0 saturated carbocycles. The van der Waals surface area contributed by atoms with Crippen molar-refractivity contribution in [2.45, 2.75) is 19.0 Å². The molecule has 0 spiro atoms. The van der Waals surface area contributed by atoms with Gasteiger partial charge in [-0.15, -0.1) is 0 Å². The van der Waals surface area contributed by atoms with E-state index < -0.39 is 17.6 Å². The van der Waals surface area contributed by atoms with Crippen LogP contribution in [0.3, 0.4) is 0 Å². The van der Waals surface area contributed by atoms with Crippen LogP contribution in [-0.4, -0.2) is 67.6 Å². The first kappa shape index (κ1) is 26.6. The molecule has 1 aromatic carbocycles. The van der Waals surface area contributed by atoms with Gasteiger partial charge in [-0.3, -0.25) is 4.98 Å². The minimum absolute atomic E-state index is 0.228. The first-order valence-electron chi connectivity index (χ1n) is 12.5. The Morgan fingerprint density at radius 3 is 2.46 bits per heavy atom. The SMILES string of the molecule is CN(C)c1cc(Nc2ccc(C3=NN(c4ncc(F)c(N5CCOCC5)n4)CCC3)nc2)cc(C(F)(F)F)c1. The van der Waals surface area contributed by atoms with E-state index in [0.717, 1.165) is 24.8 Å². The minimum Gasteiger partial charge on any atom is -0.378 e. The number of aromatic nitrogens is 3. The number of nitrogens with zero attached hydrogens (tertiary/aromatic N) is 7. The molecule has 0 aliphatic carbocycles. The van der Waals surface area contributed by atoms with Crippen LogP contribution in [0.5, 0.6) is 0 Å². The van der Waals surface area contributed by atoms with Crippen molar-refractivity contribution in [1.29, 1.82) is 0 Å². The Morgan fingerprint density at radius 2 is 1.77 bits per heavy atom. The summed E-state index contributed by atoms with van der Waals surface area (Å²) in [6, 6.07) is 7.31. The highest BCUT2D eigenvalue weighted by atomic mass is 19.4. The van der Waals surface area contributed by atoms with Crippen LogP contribution in [0.4, 0.5) is 46.4 Å². The summed E-state index contributed by atoms with van der Waals surface area (Å²) >= 11 is 0. The molecule has 39 heavy (non-hydrogen) atoms. The molecule has 206 valence electrons. The fourth-order valence-electron chi connectivity index (χ4n) is 4.35. The lowest BCUT2D eigenvalue weighted by Crippen LogP contribution is -2.38. The first-order valence-corrected chi connectivity index (χ1v) is 12.5. The molecule has 9 nitrogen and oxygen atoms in total. The van der Waals surface area contributed by atoms with Crippen molar-refractivity contribution in [3.8, 4) is 0 Å². The fraction of sp³-hybridized carbons (Fsp3) is 0.385. The number of anilines is 5. The predicted octanol–water partition coefficient (Wildman–Crippen LogP) is 4.68. The van der Waals surface area contributed by atoms with E-state index in [0.29, 0.717) is 73.7 Å². The second-order valence-corrected chi connectivity index (χ2v) is 9.43. The van der Waals surface area contributed by atoms with Gasteiger partial charge in [-0.2, -0.15) is 23.3 Å². The van der Waals surface area contributed by atoms with Gasteiger partial charge in [0.2, 0.25) is 5.95 Å². The van der Waals surface area contributed by atoms with Crippen LogP contribution in [0, 0.1) is 5.82 Å². The molecule has 2 aliphatic rings. The highest BCUT2D eigenvalue weighted by Gasteiger charge is 2.31. The van der Waals surface area contributed by atoms with Crippen LogP contribution in [0.15, 0.2) is 47.8 Å². The number of hydrogen-bond acceptors (Lipinski definition) is 9. The maximum atomic E-state index is 14.5. The molecule has 0 amide bonds. The van der Waals surface area contributed by atoms with Crippen LogP contribution >= 0.6 is 0 Å². The molecule has 13 heteroatoms. The Kier molecular flexibility index (Phi) is 7.51. The Morgan fingerprint density at radius 1 is 0.974 bits per heavy atom. The summed E-state index contributed by atoms with van der Waals surface area (Å²) in [5, 5.41) is 9.32. The van der Waals surface area contributed by atoms with Crippen LogP contribution < -0.4 is 20.1 Å². The number of pyridine rings is 1. The van der Waals surface area contributed by atoms with Crippen LogP contribution in [0.25, 0.3) is 0 Å². The lowest BCUT2D eigenvalue weighted by Gasteiger charge is -2.29. The smallest absolute Gasteiger partial charge is 0.378 e. The third kappa shape index (κ3) is 6.19. The lowest BCUT2D eigenvalue weighted by atomic mass is 10.1. The van der Waals surface area contributed by atoms with Crippen LogP contribution in [0.2, 0.25) is 0 Å². The Balaban J connectivity index is 1.34. The molecule has 2 aliphatic heterocycles. The number of nitrogens with one attached hydrogen (secondary N) is 1. The van der Waals surface area contributed by atoms with Gasteiger partial charge < -0.3 is 19.9 Å². The zero-order chi connectivity index (χ0) is 27.6. The molecule has 1 saturated heterocycles. The van der Waals surface area contributed by atoms with Gasteiger partial charge in [0, 0.05) is 45.1 Å². The maximum Gasteiger partial charge on any atom is 0.416 e. The molecule has 5 rings (SSSR count). The monoisotopic (exact) mass is 544 g/mol. The van der Waals surface area contributed by atoms with E-state index in [9.17, 15) is 17.6 Å². The van der Waals surface area contributed by atoms with E-state index >= 15 is 0 Å². The number of hydrogen-bond donors (Lipinski definition) is 1. The molecular weight excluding hydrogens is 516 g/mol. The fourth-order valence-corrected chi connectivity index (χ4v) is 4.35. The van der Waals surface area contributed by atoms with Crippen molar-refractivity contribution in [2.75, 3.05) is 67.1 Å². The molecule has 2 aromatic heterocycles. The van der Waals surface area contributed by atoms with Gasteiger partial charge >= 0.3 is 6.18 Å². The third-order valence-electron chi connectivity index (χ3n) is 6.39. The van der Waals surface area contributed by atoms with Gasteiger partial charge in [0.15, 0.2) is 11.6 Å². The lowest BCUT2D eigenvalue weighted by molar-refractivity contribution is -0.137. The number of rotatable bonds is 6. The van der Waals surface area contributed by atoms with Crippen molar-refractivity contribution >= 4 is 34.5 Å². The molecular formula is C26H28F4N8O. The van der Waals surface area contributed by atoms with Crippen LogP contribution in [0.1, 0.15) is 24.1 Å². The topological polar surface area (TPSA) is 82.0 Å². The molecule has 1 N–H and O–H groups in total. The number of morpholine rings is 1. The molecule has 0 atom stereocenters. The second kappa shape index (κ2) is 11.0. The zero-order valence-electron chi connectivity index (χ0n) is 21.5. The summed E-state index contributed by atoms with van der Waals surface area (Å²) in [7, 11) is 3.37. The number of hydrazone groups is 1. The molecule has 0 bridgehead atoms. The quantitative estimate of drug-likeness (QED) is 0.448. The first-order chi connectivity index (χ1) is 18.7. The number of alkyl halides is 3. The van der Waals surface area contributed by atoms with Gasteiger partial charge in [0.25, 0.3) is 0 Å². The Bertz CT molecular complexity index is 1340. The highest BCUT2D eigenvalue weighted by molar-refractivity contribution is 6.00. The number of halogens is 4. The summed E-state index contributed by atoms with van der Waals surface area (Å²) in [6.45, 7) is 2.67. The van der Waals surface area contributed by atoms with Crippen molar-refractivity contribution in [3.63, 3.8) is 0 Å². The van der Waals surface area contributed by atoms with Crippen molar-refractivity contribution in [3.05, 3.63) is 59.8 Å². The van der Waals surface area contributed by atoms with Crippen molar-refractivity contribution < 1.29 is 22.3 Å². The van der Waals surface area contributed by atoms with Gasteiger partial charge in [0.05, 0.1) is 48.3 Å². The summed E-state index contributed by atoms with van der Waals surface area (Å²) in [6.07, 6.45) is -0.311. The Hall–Kier alpha value is -4.00. The van der Waals surface area contributed by atoms with E-state index in [1.54, 1.807) is 48.4 Å². The van der Waals surface area contributed by atoms with Gasteiger partial charge in [-0.05, 0) is 43.2 Å². The molecule has 0 unspecified atom stereocenters. The number of benzene rings is 1. The summed E-state index contributed by atoms with van der Waals surface area (Å²) in [5.41, 5.74) is 1.86. The van der Waals surface area contributed by atoms with Crippen molar-refractivity contribution in [2.24, 2.45) is 5.10 Å². The largest absolute Gasteiger partial charge is 0.416 e. The van der Waals surface area contributed by atoms with Crippen LogP contribution in [-0.2, 0) is 10.9 Å². The van der Waals surface area contributed by atoms with E-state index in [-0.39, 0.29) is 5.82 Å². The maximum absolute atomic E-state index is 14.5. The van der Waals surface area contributed by atoms with E-state index in [2.05, 4.69) is 25.4 Å². The molecule has 4 heterocycles. The van der Waals surface area contributed by atoms with Gasteiger partial charge in [-0.25, -0.2) is 14.4 Å². The molecule has 0 radical (unpaired) electrons. The molecule has 1 fully saturated rings. The summed E-state index contributed by atoms with van der Waals surface area (Å²) < 4.78 is 60.0. The minimum atomic E-state index is -4.47. The standard InChI is InChI=1S/C26H28F4N8O/c1-36(2)20-13-17(26(28,29)30)12-19(14-20)33-18-5-6-22(31-15-18)23-4-3-7-38(35-23)25-32-16-21(27)24(34-25)37-8-10-39-11-9-37/h5-6,12-16,33H,3-4,7-11H2,1-2H3. The summed E-state index contributed by atoms with van der Waals surface area (Å²) in [5.74, 6) is 0.0332. The normalized spacial score (nSPS) is 16.2. The molecule has 3 aromatic rings. The predicted molar refractivity (Wildman–Crippen MR) is 141 cm³/mol. The third-order valence-corrected chi connectivity index (χ3v) is 6.39. The average Bonchev–Trinajstić information content (AvgIpc) is 2.93. The average molecular weight is 545 g/mol. The highest BCUT2D eigenvalue weighted by Crippen LogP contribution is 2.35. The van der Waals surface area contributed by atoms with E-state index in [4.69, 9.17) is 4.74 Å². The van der Waals surface area contributed by atoms with Crippen molar-refractivity contribution in [1.82, 2.24) is 15.0 Å². The van der Waals surface area contributed by atoms with E-state index in [1.165, 1.54) is 0 Å². The summed E-state index contributed by atoms with van der Waals surface area (Å²) in [4.78, 5) is 16.5. The Labute approximate surface area is 223 Å². The van der Waals surface area contributed by atoms with Gasteiger partial charge in [-0.1, -0.05) is 0 Å². The number of ether oxygens (including phenoxy) is 1. The second-order valence-electron chi connectivity index (χ2n) is 9.43. The van der Waals surface area contributed by atoms with E-state index in [1.807, 2.05) is 4.90 Å².